The molecule has 0 aromatic carbocycles. The molecule has 2 N–H and O–H groups in total. The molecule has 0 aromatic rings. The molecule has 0 aliphatic heterocycles. The Bertz CT molecular complexity index is 128. The zero-order chi connectivity index (χ0) is 8.48. The largest absolute Gasteiger partial charge is 0.392 e. The van der Waals surface area contributed by atoms with Crippen molar-refractivity contribution in [1.29, 1.82) is 0 Å². The maximum absolute atomic E-state index is 9.49. The molecule has 0 saturated heterocycles. The molecule has 0 radical (unpaired) electrons. The highest BCUT2D eigenvalue weighted by atomic mass is 16.3. The van der Waals surface area contributed by atoms with Gasteiger partial charge in [0.2, 0.25) is 0 Å². The third-order valence-electron chi connectivity index (χ3n) is 2.10. The van der Waals surface area contributed by atoms with E-state index in [1.807, 2.05) is 0 Å². The van der Waals surface area contributed by atoms with Gasteiger partial charge in [-0.1, -0.05) is 0 Å². The lowest BCUT2D eigenvalue weighted by molar-refractivity contribution is 0.135. The van der Waals surface area contributed by atoms with Crippen molar-refractivity contribution in [3.63, 3.8) is 0 Å². The van der Waals surface area contributed by atoms with Crippen LogP contribution in [0.4, 0.5) is 0 Å². The average Bonchev–Trinajstić information content (AvgIpc) is 2.12. The van der Waals surface area contributed by atoms with Crippen LogP contribution in [-0.4, -0.2) is 22.8 Å². The molecule has 2 nitrogen and oxygen atoms in total. The standard InChI is InChI=1S/C9H19NO/c1-9(2,3)10-7-5-4-6-8(7)11/h7-8,10-11H,4-6H2,1-3H3/t7-,8+/m1/s1. The Kier molecular flexibility index (Phi) is 2.55. The molecule has 0 bridgehead atoms. The Morgan fingerprint density at radius 1 is 1.27 bits per heavy atom. The van der Waals surface area contributed by atoms with Gasteiger partial charge in [0.15, 0.2) is 0 Å². The molecule has 66 valence electrons. The van der Waals surface area contributed by atoms with Crippen molar-refractivity contribution < 1.29 is 5.11 Å². The van der Waals surface area contributed by atoms with E-state index in [0.29, 0.717) is 6.04 Å². The molecule has 0 amide bonds. The van der Waals surface area contributed by atoms with Crippen LogP contribution in [-0.2, 0) is 0 Å². The number of rotatable bonds is 1. The summed E-state index contributed by atoms with van der Waals surface area (Å²) in [6, 6.07) is 0.329. The Labute approximate surface area is 69.0 Å². The Morgan fingerprint density at radius 3 is 2.27 bits per heavy atom. The van der Waals surface area contributed by atoms with Gasteiger partial charge in [-0.15, -0.1) is 0 Å². The normalized spacial score (nSPS) is 32.7. The minimum absolute atomic E-state index is 0.116. The topological polar surface area (TPSA) is 32.3 Å². The van der Waals surface area contributed by atoms with Crippen LogP contribution in [0.5, 0.6) is 0 Å². The zero-order valence-corrected chi connectivity index (χ0v) is 7.72. The van der Waals surface area contributed by atoms with Crippen LogP contribution in [0.15, 0.2) is 0 Å². The summed E-state index contributed by atoms with van der Waals surface area (Å²) in [6.45, 7) is 6.41. The summed E-state index contributed by atoms with van der Waals surface area (Å²) in [7, 11) is 0. The predicted octanol–water partition coefficient (Wildman–Crippen LogP) is 1.29. The van der Waals surface area contributed by atoms with Crippen molar-refractivity contribution in [1.82, 2.24) is 5.32 Å². The molecule has 1 rings (SSSR count). The molecule has 1 fully saturated rings. The van der Waals surface area contributed by atoms with Gasteiger partial charge < -0.3 is 10.4 Å². The second-order valence-corrected chi connectivity index (χ2v) is 4.50. The van der Waals surface area contributed by atoms with Gasteiger partial charge in [-0.2, -0.15) is 0 Å². The first kappa shape index (κ1) is 9.01. The molecule has 0 heterocycles. The van der Waals surface area contributed by atoms with Crippen LogP contribution in [0.1, 0.15) is 40.0 Å². The Balaban J connectivity index is 2.37. The van der Waals surface area contributed by atoms with Crippen LogP contribution < -0.4 is 5.32 Å². The SMILES string of the molecule is CC(C)(C)N[C@@H]1CCC[C@@H]1O. The quantitative estimate of drug-likeness (QED) is 0.601. The minimum atomic E-state index is -0.116. The van der Waals surface area contributed by atoms with Crippen LogP contribution in [0.2, 0.25) is 0 Å². The van der Waals surface area contributed by atoms with Crippen molar-refractivity contribution in [3.05, 3.63) is 0 Å². The second kappa shape index (κ2) is 3.11. The molecular formula is C9H19NO. The molecular weight excluding hydrogens is 138 g/mol. The molecule has 2 atom stereocenters. The zero-order valence-electron chi connectivity index (χ0n) is 7.72. The fourth-order valence-corrected chi connectivity index (χ4v) is 1.67. The minimum Gasteiger partial charge on any atom is -0.392 e. The van der Waals surface area contributed by atoms with Crippen molar-refractivity contribution in [2.45, 2.75) is 57.7 Å². The first-order chi connectivity index (χ1) is 4.99. The van der Waals surface area contributed by atoms with E-state index in [0.717, 1.165) is 19.3 Å². The van der Waals surface area contributed by atoms with E-state index in [1.165, 1.54) is 0 Å². The summed E-state index contributed by atoms with van der Waals surface area (Å²) in [5.41, 5.74) is 0.135. The molecule has 0 spiro atoms. The Hall–Kier alpha value is -0.0800. The predicted molar refractivity (Wildman–Crippen MR) is 46.5 cm³/mol. The lowest BCUT2D eigenvalue weighted by Crippen LogP contribution is -2.47. The highest BCUT2D eigenvalue weighted by Crippen LogP contribution is 2.20. The van der Waals surface area contributed by atoms with E-state index in [-0.39, 0.29) is 11.6 Å². The monoisotopic (exact) mass is 157 g/mol. The lowest BCUT2D eigenvalue weighted by atomic mass is 10.1. The van der Waals surface area contributed by atoms with Gasteiger partial charge in [-0.3, -0.25) is 0 Å². The summed E-state index contributed by atoms with van der Waals surface area (Å²) in [6.07, 6.45) is 3.13. The van der Waals surface area contributed by atoms with E-state index >= 15 is 0 Å². The third kappa shape index (κ3) is 2.80. The third-order valence-corrected chi connectivity index (χ3v) is 2.10. The van der Waals surface area contributed by atoms with Crippen LogP contribution in [0, 0.1) is 0 Å². The molecule has 1 saturated carbocycles. The summed E-state index contributed by atoms with van der Waals surface area (Å²) in [5.74, 6) is 0. The first-order valence-electron chi connectivity index (χ1n) is 4.45. The molecule has 0 unspecified atom stereocenters. The smallest absolute Gasteiger partial charge is 0.0693 e. The van der Waals surface area contributed by atoms with Crippen molar-refractivity contribution in [2.24, 2.45) is 0 Å². The number of aliphatic hydroxyl groups is 1. The highest BCUT2D eigenvalue weighted by Gasteiger charge is 2.27. The van der Waals surface area contributed by atoms with Gasteiger partial charge in [0, 0.05) is 11.6 Å². The van der Waals surface area contributed by atoms with Gasteiger partial charge in [0.25, 0.3) is 0 Å². The summed E-state index contributed by atoms with van der Waals surface area (Å²) in [4.78, 5) is 0. The number of nitrogens with one attached hydrogen (secondary N) is 1. The fraction of sp³-hybridized carbons (Fsp3) is 1.00. The van der Waals surface area contributed by atoms with Gasteiger partial charge in [-0.25, -0.2) is 0 Å². The number of hydrogen-bond donors (Lipinski definition) is 2. The van der Waals surface area contributed by atoms with Gasteiger partial charge >= 0.3 is 0 Å². The summed E-state index contributed by atoms with van der Waals surface area (Å²) < 4.78 is 0. The van der Waals surface area contributed by atoms with E-state index in [1.54, 1.807) is 0 Å². The van der Waals surface area contributed by atoms with E-state index in [9.17, 15) is 5.11 Å². The maximum Gasteiger partial charge on any atom is 0.0693 e. The molecule has 2 heteroatoms. The van der Waals surface area contributed by atoms with Crippen molar-refractivity contribution >= 4 is 0 Å². The Morgan fingerprint density at radius 2 is 1.91 bits per heavy atom. The van der Waals surface area contributed by atoms with Crippen LogP contribution in [0.25, 0.3) is 0 Å². The molecule has 1 aliphatic rings. The van der Waals surface area contributed by atoms with Crippen LogP contribution in [0.3, 0.4) is 0 Å². The average molecular weight is 157 g/mol. The summed E-state index contributed by atoms with van der Waals surface area (Å²) >= 11 is 0. The van der Waals surface area contributed by atoms with Gasteiger partial charge in [-0.05, 0) is 40.0 Å². The highest BCUT2D eigenvalue weighted by molar-refractivity contribution is 4.87. The molecule has 1 aliphatic carbocycles. The van der Waals surface area contributed by atoms with E-state index in [4.69, 9.17) is 0 Å². The molecule has 0 aromatic heterocycles. The molecule has 11 heavy (non-hydrogen) atoms. The maximum atomic E-state index is 9.49. The van der Waals surface area contributed by atoms with Crippen LogP contribution >= 0.6 is 0 Å². The van der Waals surface area contributed by atoms with E-state index < -0.39 is 0 Å². The fourth-order valence-electron chi connectivity index (χ4n) is 1.67. The van der Waals surface area contributed by atoms with Gasteiger partial charge in [0.05, 0.1) is 6.10 Å². The second-order valence-electron chi connectivity index (χ2n) is 4.50. The van der Waals surface area contributed by atoms with Crippen molar-refractivity contribution in [3.8, 4) is 0 Å². The van der Waals surface area contributed by atoms with Gasteiger partial charge in [0.1, 0.15) is 0 Å². The van der Waals surface area contributed by atoms with Crippen molar-refractivity contribution in [2.75, 3.05) is 0 Å². The van der Waals surface area contributed by atoms with E-state index in [2.05, 4.69) is 26.1 Å². The summed E-state index contributed by atoms with van der Waals surface area (Å²) in [5, 5.41) is 12.9. The number of aliphatic hydroxyl groups excluding tert-OH is 1. The number of hydrogen-bond acceptors (Lipinski definition) is 2. The lowest BCUT2D eigenvalue weighted by Gasteiger charge is -2.27. The first-order valence-corrected chi connectivity index (χ1v) is 4.45.